The fraction of sp³-hybridized carbons (Fsp3) is 0.100. The molecule has 4 rings (SSSR count). The van der Waals surface area contributed by atoms with Gasteiger partial charge in [0.25, 0.3) is 5.69 Å². The summed E-state index contributed by atoms with van der Waals surface area (Å²) in [4.78, 5) is 16.7. The summed E-state index contributed by atoms with van der Waals surface area (Å²) in [6.45, 7) is 1.66. The van der Waals surface area contributed by atoms with Crippen molar-refractivity contribution in [3.8, 4) is 6.07 Å². The molecule has 0 fully saturated rings. The summed E-state index contributed by atoms with van der Waals surface area (Å²) in [5.41, 5.74) is 7.66. The van der Waals surface area contributed by atoms with Gasteiger partial charge in [0.15, 0.2) is 5.89 Å². The second kappa shape index (κ2) is 7.37. The van der Waals surface area contributed by atoms with E-state index in [9.17, 15) is 15.4 Å². The van der Waals surface area contributed by atoms with Gasteiger partial charge in [0.2, 0.25) is 5.88 Å². The summed E-state index contributed by atoms with van der Waals surface area (Å²) >= 11 is 12.5. The lowest BCUT2D eigenvalue weighted by Crippen LogP contribution is -2.31. The number of anilines is 2. The van der Waals surface area contributed by atoms with E-state index in [1.807, 2.05) is 0 Å². The smallest absolute Gasteiger partial charge is 0.269 e. The first-order valence-corrected chi connectivity index (χ1v) is 9.44. The molecular formula is C20H13Cl2N5O3. The number of nitrogens with two attached hydrogens (primary N) is 1. The summed E-state index contributed by atoms with van der Waals surface area (Å²) in [5.74, 6) is -0.106. The highest BCUT2D eigenvalue weighted by Crippen LogP contribution is 2.48. The molecule has 0 radical (unpaired) electrons. The molecule has 2 N–H and O–H groups in total. The summed E-state index contributed by atoms with van der Waals surface area (Å²) in [5, 5.41) is 21.9. The number of aromatic nitrogens is 1. The molecule has 0 unspecified atom stereocenters. The van der Waals surface area contributed by atoms with Crippen LogP contribution in [0.2, 0.25) is 10.0 Å². The van der Waals surface area contributed by atoms with Gasteiger partial charge in [-0.05, 0) is 29.8 Å². The Hall–Kier alpha value is -3.54. The molecule has 0 saturated carbocycles. The van der Waals surface area contributed by atoms with E-state index in [4.69, 9.17) is 33.4 Å². The number of nitrogens with zero attached hydrogens (tertiary/aromatic N) is 4. The average molecular weight is 442 g/mol. The topological polar surface area (TPSA) is 122 Å². The van der Waals surface area contributed by atoms with Crippen LogP contribution in [-0.4, -0.2) is 9.91 Å². The standard InChI is InChI=1S/C20H13Cl2N5O3/c1-10-25-18-17(14-8-13(27(28)29)5-6-16(14)22)15(9-23)19(24)26(20(18)30-10)12-4-2-3-11(21)7-12/h2-8,17H,24H2,1H3/t17-/m0/s1. The average Bonchev–Trinajstić information content (AvgIpc) is 3.08. The van der Waals surface area contributed by atoms with Gasteiger partial charge in [0.05, 0.1) is 28.2 Å². The van der Waals surface area contributed by atoms with Crippen LogP contribution in [0.3, 0.4) is 0 Å². The third-order valence-corrected chi connectivity index (χ3v) is 5.29. The minimum absolute atomic E-state index is 0.0935. The SMILES string of the molecule is Cc1nc2c(o1)N(c1cccc(Cl)c1)C(N)=C(C#N)[C@@H]2c1cc([N+](=O)[O-])ccc1Cl. The number of nitriles is 1. The fourth-order valence-corrected chi connectivity index (χ4v) is 3.87. The molecule has 0 spiro atoms. The first-order chi connectivity index (χ1) is 14.3. The quantitative estimate of drug-likeness (QED) is 0.438. The predicted molar refractivity (Wildman–Crippen MR) is 112 cm³/mol. The summed E-state index contributed by atoms with van der Waals surface area (Å²) < 4.78 is 5.82. The number of nitro groups is 1. The minimum Gasteiger partial charge on any atom is -0.424 e. The normalized spacial score (nSPS) is 15.7. The van der Waals surface area contributed by atoms with Gasteiger partial charge in [0.1, 0.15) is 11.5 Å². The Kier molecular flexibility index (Phi) is 4.86. The fourth-order valence-electron chi connectivity index (χ4n) is 3.46. The van der Waals surface area contributed by atoms with Gasteiger partial charge in [-0.3, -0.25) is 15.0 Å². The number of fused-ring (bicyclic) bond motifs is 1. The third kappa shape index (κ3) is 3.14. The zero-order valence-corrected chi connectivity index (χ0v) is 17.0. The van der Waals surface area contributed by atoms with E-state index in [1.54, 1.807) is 36.1 Å². The van der Waals surface area contributed by atoms with Crippen LogP contribution in [0.4, 0.5) is 17.3 Å². The van der Waals surface area contributed by atoms with Crippen molar-refractivity contribution in [1.82, 2.24) is 4.98 Å². The Morgan fingerprint density at radius 1 is 1.30 bits per heavy atom. The van der Waals surface area contributed by atoms with E-state index in [0.29, 0.717) is 33.7 Å². The predicted octanol–water partition coefficient (Wildman–Crippen LogP) is 5.18. The van der Waals surface area contributed by atoms with Gasteiger partial charge in [-0.15, -0.1) is 0 Å². The number of halogens is 2. The number of benzene rings is 2. The first kappa shape index (κ1) is 19.8. The van der Waals surface area contributed by atoms with Crippen molar-refractivity contribution in [3.05, 3.63) is 91.2 Å². The molecule has 150 valence electrons. The Labute approximate surface area is 180 Å². The van der Waals surface area contributed by atoms with Gasteiger partial charge in [-0.1, -0.05) is 29.3 Å². The minimum atomic E-state index is -0.828. The molecule has 0 saturated heterocycles. The van der Waals surface area contributed by atoms with Crippen molar-refractivity contribution in [2.24, 2.45) is 5.73 Å². The first-order valence-electron chi connectivity index (χ1n) is 8.68. The van der Waals surface area contributed by atoms with Gasteiger partial charge in [-0.2, -0.15) is 5.26 Å². The van der Waals surface area contributed by atoms with E-state index in [2.05, 4.69) is 11.1 Å². The zero-order valence-electron chi connectivity index (χ0n) is 15.5. The Bertz CT molecular complexity index is 1260. The van der Waals surface area contributed by atoms with Gasteiger partial charge in [0, 0.05) is 29.1 Å². The van der Waals surface area contributed by atoms with Crippen LogP contribution in [0.5, 0.6) is 0 Å². The number of hydrogen-bond acceptors (Lipinski definition) is 7. The lowest BCUT2D eigenvalue weighted by Gasteiger charge is -2.31. The summed E-state index contributed by atoms with van der Waals surface area (Å²) in [6, 6.07) is 13.0. The number of hydrogen-bond donors (Lipinski definition) is 1. The number of rotatable bonds is 3. The van der Waals surface area contributed by atoms with E-state index in [-0.39, 0.29) is 22.1 Å². The maximum Gasteiger partial charge on any atom is 0.269 e. The maximum absolute atomic E-state index is 11.3. The van der Waals surface area contributed by atoms with E-state index >= 15 is 0 Å². The van der Waals surface area contributed by atoms with Crippen molar-refractivity contribution < 1.29 is 9.34 Å². The lowest BCUT2D eigenvalue weighted by atomic mass is 9.86. The van der Waals surface area contributed by atoms with Gasteiger partial charge >= 0.3 is 0 Å². The number of oxazole rings is 1. The molecule has 3 aromatic rings. The van der Waals surface area contributed by atoms with Crippen LogP contribution in [0.1, 0.15) is 23.1 Å². The zero-order chi connectivity index (χ0) is 21.6. The highest BCUT2D eigenvalue weighted by molar-refractivity contribution is 6.31. The van der Waals surface area contributed by atoms with Crippen LogP contribution >= 0.6 is 23.2 Å². The largest absolute Gasteiger partial charge is 0.424 e. The molecule has 0 amide bonds. The second-order valence-corrected chi connectivity index (χ2v) is 7.39. The number of allylic oxidation sites excluding steroid dienone is 1. The van der Waals surface area contributed by atoms with Crippen molar-refractivity contribution in [2.75, 3.05) is 4.90 Å². The van der Waals surface area contributed by atoms with E-state index < -0.39 is 10.8 Å². The highest BCUT2D eigenvalue weighted by Gasteiger charge is 2.39. The number of non-ortho nitro benzene ring substituents is 1. The molecule has 1 aliphatic rings. The molecule has 30 heavy (non-hydrogen) atoms. The van der Waals surface area contributed by atoms with E-state index in [1.165, 1.54) is 18.2 Å². The monoisotopic (exact) mass is 441 g/mol. The molecule has 0 aliphatic carbocycles. The highest BCUT2D eigenvalue weighted by atomic mass is 35.5. The van der Waals surface area contributed by atoms with Crippen LogP contribution < -0.4 is 10.6 Å². The molecule has 2 heterocycles. The number of nitro benzene ring substituents is 1. The summed E-state index contributed by atoms with van der Waals surface area (Å²) in [6.07, 6.45) is 0. The summed E-state index contributed by atoms with van der Waals surface area (Å²) in [7, 11) is 0. The molecular weight excluding hydrogens is 429 g/mol. The van der Waals surface area contributed by atoms with Crippen molar-refractivity contribution >= 4 is 40.5 Å². The third-order valence-electron chi connectivity index (χ3n) is 4.71. The molecule has 8 nitrogen and oxygen atoms in total. The molecule has 1 aliphatic heterocycles. The Morgan fingerprint density at radius 3 is 2.73 bits per heavy atom. The van der Waals surface area contributed by atoms with Gasteiger partial charge < -0.3 is 10.2 Å². The van der Waals surface area contributed by atoms with Crippen LogP contribution in [0.15, 0.2) is 58.3 Å². The van der Waals surface area contributed by atoms with E-state index in [0.717, 1.165) is 0 Å². The molecule has 0 bridgehead atoms. The molecule has 2 aromatic carbocycles. The molecule has 10 heteroatoms. The van der Waals surface area contributed by atoms with Gasteiger partial charge in [-0.25, -0.2) is 4.98 Å². The van der Waals surface area contributed by atoms with Crippen LogP contribution in [0.25, 0.3) is 0 Å². The van der Waals surface area contributed by atoms with Crippen LogP contribution in [-0.2, 0) is 0 Å². The second-order valence-electron chi connectivity index (χ2n) is 6.55. The Balaban J connectivity index is 2.00. The van der Waals surface area contributed by atoms with Crippen molar-refractivity contribution in [2.45, 2.75) is 12.8 Å². The Morgan fingerprint density at radius 2 is 2.07 bits per heavy atom. The van der Waals surface area contributed by atoms with Crippen LogP contribution in [0, 0.1) is 28.4 Å². The lowest BCUT2D eigenvalue weighted by molar-refractivity contribution is -0.384. The van der Waals surface area contributed by atoms with Crippen molar-refractivity contribution in [1.29, 1.82) is 5.26 Å². The molecule has 1 aromatic heterocycles. The number of aryl methyl sites for hydroxylation is 1. The maximum atomic E-state index is 11.3. The molecule has 1 atom stereocenters. The van der Waals surface area contributed by atoms with Crippen molar-refractivity contribution in [3.63, 3.8) is 0 Å².